The lowest BCUT2D eigenvalue weighted by atomic mass is 10.1. The second-order valence-corrected chi connectivity index (χ2v) is 5.04. The third-order valence-electron chi connectivity index (χ3n) is 3.56. The van der Waals surface area contributed by atoms with Gasteiger partial charge in [-0.05, 0) is 35.9 Å². The molecule has 0 aliphatic rings. The fourth-order valence-electron chi connectivity index (χ4n) is 2.45. The van der Waals surface area contributed by atoms with Crippen molar-refractivity contribution in [3.8, 4) is 5.69 Å². The van der Waals surface area contributed by atoms with E-state index in [-0.39, 0.29) is 0 Å². The number of rotatable bonds is 6. The number of benzene rings is 2. The van der Waals surface area contributed by atoms with Crippen LogP contribution in [0.15, 0.2) is 78.3 Å². The molecule has 1 unspecified atom stereocenters. The Morgan fingerprint density at radius 1 is 1.08 bits per heavy atom. The van der Waals surface area contributed by atoms with Crippen molar-refractivity contribution in [3.05, 3.63) is 83.5 Å². The highest BCUT2D eigenvalue weighted by atomic mass is 16.4. The highest BCUT2D eigenvalue weighted by molar-refractivity contribution is 5.80. The second-order valence-electron chi connectivity index (χ2n) is 5.04. The molecule has 0 saturated heterocycles. The average Bonchev–Trinajstić information content (AvgIpc) is 3.15. The smallest absolute Gasteiger partial charge is 0.333 e. The van der Waals surface area contributed by atoms with Gasteiger partial charge >= 0.3 is 5.97 Å². The third kappa shape index (κ3) is 3.00. The number of carbonyl (C=O) groups is 1. The van der Waals surface area contributed by atoms with Crippen molar-refractivity contribution in [1.82, 2.24) is 9.78 Å². The molecule has 1 aromatic heterocycles. The highest BCUT2D eigenvalue weighted by Gasteiger charge is 2.29. The summed E-state index contributed by atoms with van der Waals surface area (Å²) in [4.78, 5) is 23.0. The van der Waals surface area contributed by atoms with Crippen molar-refractivity contribution in [2.45, 2.75) is 6.04 Å². The number of carboxylic acids is 1. The minimum Gasteiger partial charge on any atom is -0.479 e. The first-order valence-electron chi connectivity index (χ1n) is 7.21. The van der Waals surface area contributed by atoms with Crippen molar-refractivity contribution < 1.29 is 9.90 Å². The number of nitrogens with zero attached hydrogens (tertiary/aromatic N) is 4. The van der Waals surface area contributed by atoms with Crippen molar-refractivity contribution >= 4 is 11.7 Å². The van der Waals surface area contributed by atoms with Gasteiger partial charge in [0.25, 0.3) is 0 Å². The topological polar surface area (TPSA) is 87.8 Å². The standard InChI is InChI=1S/C17H14N4O3/c22-17(23)16(13-5-2-1-3-6-13)21(19-24)15-9-7-14(8-10-15)20-12-4-11-18-20/h1-12,16H,(H,22,23). The Balaban J connectivity index is 1.95. The van der Waals surface area contributed by atoms with Crippen LogP contribution >= 0.6 is 0 Å². The lowest BCUT2D eigenvalue weighted by Gasteiger charge is -2.23. The fourth-order valence-corrected chi connectivity index (χ4v) is 2.45. The Morgan fingerprint density at radius 3 is 2.33 bits per heavy atom. The Morgan fingerprint density at radius 2 is 1.79 bits per heavy atom. The van der Waals surface area contributed by atoms with Crippen LogP contribution in [0.25, 0.3) is 5.69 Å². The van der Waals surface area contributed by atoms with Crippen LogP contribution in [0.4, 0.5) is 5.69 Å². The predicted octanol–water partition coefficient (Wildman–Crippen LogP) is 3.19. The maximum atomic E-state index is 11.7. The lowest BCUT2D eigenvalue weighted by Crippen LogP contribution is -2.29. The molecule has 3 rings (SSSR count). The summed E-state index contributed by atoms with van der Waals surface area (Å²) in [7, 11) is 0. The van der Waals surface area contributed by atoms with Gasteiger partial charge in [0, 0.05) is 12.4 Å². The molecule has 120 valence electrons. The molecule has 0 fully saturated rings. The van der Waals surface area contributed by atoms with Crippen molar-refractivity contribution in [1.29, 1.82) is 0 Å². The van der Waals surface area contributed by atoms with Gasteiger partial charge in [0.2, 0.25) is 0 Å². The number of aliphatic carboxylic acids is 1. The molecule has 1 heterocycles. The van der Waals surface area contributed by atoms with Crippen LogP contribution in [-0.2, 0) is 4.79 Å². The SMILES string of the molecule is O=NN(c1ccc(-n2cccn2)cc1)C(C(=O)O)c1ccccc1. The van der Waals surface area contributed by atoms with E-state index >= 15 is 0 Å². The van der Waals surface area contributed by atoms with Gasteiger partial charge in [-0.3, -0.25) is 0 Å². The molecule has 7 nitrogen and oxygen atoms in total. The minimum atomic E-state index is -1.20. The number of hydrogen-bond donors (Lipinski definition) is 1. The zero-order valence-electron chi connectivity index (χ0n) is 12.6. The zero-order chi connectivity index (χ0) is 16.9. The molecule has 1 atom stereocenters. The van der Waals surface area contributed by atoms with Gasteiger partial charge < -0.3 is 5.11 Å². The average molecular weight is 322 g/mol. The van der Waals surface area contributed by atoms with Gasteiger partial charge in [0.15, 0.2) is 6.04 Å². The van der Waals surface area contributed by atoms with Gasteiger partial charge in [-0.1, -0.05) is 30.3 Å². The number of nitroso groups, excluding NO2 is 1. The first-order chi connectivity index (χ1) is 11.7. The minimum absolute atomic E-state index is 0.386. The van der Waals surface area contributed by atoms with Crippen LogP contribution in [0.3, 0.4) is 0 Å². The predicted molar refractivity (Wildman–Crippen MR) is 88.7 cm³/mol. The van der Waals surface area contributed by atoms with Crippen LogP contribution < -0.4 is 5.01 Å². The van der Waals surface area contributed by atoms with Crippen LogP contribution in [-0.4, -0.2) is 20.9 Å². The van der Waals surface area contributed by atoms with Gasteiger partial charge in [-0.15, -0.1) is 4.91 Å². The Hall–Kier alpha value is -3.48. The van der Waals surface area contributed by atoms with E-state index in [1.165, 1.54) is 0 Å². The molecular weight excluding hydrogens is 308 g/mol. The maximum absolute atomic E-state index is 11.7. The van der Waals surface area contributed by atoms with Crippen LogP contribution in [0.1, 0.15) is 11.6 Å². The van der Waals surface area contributed by atoms with Crippen molar-refractivity contribution in [2.24, 2.45) is 5.29 Å². The van der Waals surface area contributed by atoms with Gasteiger partial charge in [-0.2, -0.15) is 5.10 Å². The third-order valence-corrected chi connectivity index (χ3v) is 3.56. The molecule has 0 aliphatic carbocycles. The molecule has 0 saturated carbocycles. The molecule has 24 heavy (non-hydrogen) atoms. The number of carboxylic acid groups (broad SMARTS) is 1. The summed E-state index contributed by atoms with van der Waals surface area (Å²) >= 11 is 0. The lowest BCUT2D eigenvalue weighted by molar-refractivity contribution is -0.138. The first kappa shape index (κ1) is 15.4. The normalized spacial score (nSPS) is 11.7. The van der Waals surface area contributed by atoms with Crippen LogP contribution in [0.2, 0.25) is 0 Å². The summed E-state index contributed by atoms with van der Waals surface area (Å²) in [5, 5.41) is 17.5. The highest BCUT2D eigenvalue weighted by Crippen LogP contribution is 2.28. The molecule has 3 aromatic rings. The Labute approximate surface area is 137 Å². The summed E-state index contributed by atoms with van der Waals surface area (Å²) in [6.45, 7) is 0. The summed E-state index contributed by atoms with van der Waals surface area (Å²) < 4.78 is 1.66. The van der Waals surface area contributed by atoms with E-state index in [0.29, 0.717) is 11.3 Å². The van der Waals surface area contributed by atoms with E-state index in [4.69, 9.17) is 0 Å². The van der Waals surface area contributed by atoms with E-state index in [1.807, 2.05) is 0 Å². The zero-order valence-corrected chi connectivity index (χ0v) is 12.6. The molecular formula is C17H14N4O3. The van der Waals surface area contributed by atoms with Gasteiger partial charge in [0.05, 0.1) is 16.7 Å². The maximum Gasteiger partial charge on any atom is 0.333 e. The molecule has 0 radical (unpaired) electrons. The monoisotopic (exact) mass is 322 g/mol. The summed E-state index contributed by atoms with van der Waals surface area (Å²) in [6.07, 6.45) is 3.44. The molecule has 0 amide bonds. The molecule has 0 spiro atoms. The van der Waals surface area contributed by atoms with E-state index in [2.05, 4.69) is 10.4 Å². The van der Waals surface area contributed by atoms with E-state index in [0.717, 1.165) is 10.7 Å². The summed E-state index contributed by atoms with van der Waals surface area (Å²) in [6, 6.07) is 15.9. The molecule has 0 aliphatic heterocycles. The molecule has 2 aromatic carbocycles. The van der Waals surface area contributed by atoms with Crippen LogP contribution in [0, 0.1) is 4.91 Å². The van der Waals surface area contributed by atoms with Crippen LogP contribution in [0.5, 0.6) is 0 Å². The van der Waals surface area contributed by atoms with E-state index < -0.39 is 12.0 Å². The second kappa shape index (κ2) is 6.74. The Bertz CT molecular complexity index is 817. The van der Waals surface area contributed by atoms with Crippen molar-refractivity contribution in [2.75, 3.05) is 5.01 Å². The van der Waals surface area contributed by atoms with Gasteiger partial charge in [0.1, 0.15) is 0 Å². The van der Waals surface area contributed by atoms with E-state index in [1.54, 1.807) is 77.7 Å². The number of hydrogen-bond acceptors (Lipinski definition) is 4. The van der Waals surface area contributed by atoms with E-state index in [9.17, 15) is 14.8 Å². The fraction of sp³-hybridized carbons (Fsp3) is 0.0588. The summed E-state index contributed by atoms with van der Waals surface area (Å²) in [5.74, 6) is -1.16. The molecule has 1 N–H and O–H groups in total. The first-order valence-corrected chi connectivity index (χ1v) is 7.21. The molecule has 7 heteroatoms. The summed E-state index contributed by atoms with van der Waals surface area (Å²) in [5.41, 5.74) is 1.65. The van der Waals surface area contributed by atoms with Gasteiger partial charge in [-0.25, -0.2) is 14.5 Å². The Kier molecular flexibility index (Phi) is 4.33. The number of aromatic nitrogens is 2. The number of anilines is 1. The largest absolute Gasteiger partial charge is 0.479 e. The quantitative estimate of drug-likeness (QED) is 0.556. The van der Waals surface area contributed by atoms with Crippen molar-refractivity contribution in [3.63, 3.8) is 0 Å². The molecule has 0 bridgehead atoms.